The van der Waals surface area contributed by atoms with Crippen molar-refractivity contribution >= 4 is 39.5 Å². The average Bonchev–Trinajstić information content (AvgIpc) is 3.45. The maximum Gasteiger partial charge on any atom is 0.472 e. The van der Waals surface area contributed by atoms with Crippen LogP contribution in [0.1, 0.15) is 364 Å². The molecule has 0 aliphatic carbocycles. The number of esters is 4. The number of ether oxygens (including phenoxy) is 4. The van der Waals surface area contributed by atoms with Crippen molar-refractivity contribution in [2.24, 2.45) is 23.7 Å². The zero-order valence-electron chi connectivity index (χ0n) is 60.2. The molecule has 0 radical (unpaired) electrons. The molecule has 92 heavy (non-hydrogen) atoms. The predicted molar refractivity (Wildman–Crippen MR) is 372 cm³/mol. The Morgan fingerprint density at radius 3 is 0.772 bits per heavy atom. The van der Waals surface area contributed by atoms with E-state index in [2.05, 4.69) is 55.4 Å². The summed E-state index contributed by atoms with van der Waals surface area (Å²) in [5.74, 6) is 0.939. The van der Waals surface area contributed by atoms with Gasteiger partial charge in [-0.1, -0.05) is 312 Å². The quantitative estimate of drug-likeness (QED) is 0.0222. The van der Waals surface area contributed by atoms with Gasteiger partial charge in [0.25, 0.3) is 0 Å². The maximum atomic E-state index is 13.0. The number of phosphoric ester groups is 2. The summed E-state index contributed by atoms with van der Waals surface area (Å²) >= 11 is 0. The minimum atomic E-state index is -4.95. The molecule has 5 unspecified atom stereocenters. The van der Waals surface area contributed by atoms with E-state index in [-0.39, 0.29) is 25.7 Å². The molecule has 17 nitrogen and oxygen atoms in total. The number of carbonyl (C=O) groups excluding carboxylic acids is 4. The van der Waals surface area contributed by atoms with Crippen molar-refractivity contribution in [2.75, 3.05) is 39.6 Å². The fourth-order valence-electron chi connectivity index (χ4n) is 10.9. The topological polar surface area (TPSA) is 237 Å². The van der Waals surface area contributed by atoms with Crippen LogP contribution in [0.4, 0.5) is 0 Å². The predicted octanol–water partition coefficient (Wildman–Crippen LogP) is 20.9. The molecule has 8 atom stereocenters. The molecule has 0 saturated heterocycles. The summed E-state index contributed by atoms with van der Waals surface area (Å²) in [6.07, 6.45) is 45.8. The van der Waals surface area contributed by atoms with Gasteiger partial charge < -0.3 is 33.8 Å². The highest BCUT2D eigenvalue weighted by molar-refractivity contribution is 7.47. The van der Waals surface area contributed by atoms with E-state index in [0.717, 1.165) is 120 Å². The maximum absolute atomic E-state index is 13.0. The van der Waals surface area contributed by atoms with E-state index in [9.17, 15) is 43.2 Å². The third-order valence-electron chi connectivity index (χ3n) is 17.9. The minimum Gasteiger partial charge on any atom is -0.462 e. The molecular weight excluding hydrogens is 1210 g/mol. The molecule has 0 aromatic heterocycles. The van der Waals surface area contributed by atoms with Crippen LogP contribution in [0.2, 0.25) is 0 Å². The van der Waals surface area contributed by atoms with E-state index in [0.29, 0.717) is 25.7 Å². The van der Waals surface area contributed by atoms with Crippen LogP contribution in [0.3, 0.4) is 0 Å². The smallest absolute Gasteiger partial charge is 0.462 e. The van der Waals surface area contributed by atoms with Crippen molar-refractivity contribution in [1.82, 2.24) is 0 Å². The number of aliphatic hydroxyl groups excluding tert-OH is 1. The van der Waals surface area contributed by atoms with Crippen molar-refractivity contribution in [3.8, 4) is 0 Å². The van der Waals surface area contributed by atoms with Crippen molar-refractivity contribution in [3.63, 3.8) is 0 Å². The Morgan fingerprint density at radius 2 is 0.522 bits per heavy atom. The van der Waals surface area contributed by atoms with Gasteiger partial charge in [0, 0.05) is 25.7 Å². The van der Waals surface area contributed by atoms with Gasteiger partial charge in [0.1, 0.15) is 19.3 Å². The third-order valence-corrected chi connectivity index (χ3v) is 19.8. The molecule has 0 heterocycles. The Labute approximate surface area is 562 Å². The SMILES string of the molecule is CCC(C)CCCCCCCCCCCCCCCCC(=O)O[C@H](COC(=O)CCCCCCCCC(C)CC)COP(=O)(O)OC[C@H](O)COP(=O)(O)OC[C@@H](COC(=O)CCCCCCCCCCCCCC(C)C)OC(=O)CCCCCCCCC(C)CC. The van der Waals surface area contributed by atoms with Gasteiger partial charge in [-0.2, -0.15) is 0 Å². The number of hydrogen-bond acceptors (Lipinski definition) is 15. The first-order valence-corrected chi connectivity index (χ1v) is 40.8. The van der Waals surface area contributed by atoms with Gasteiger partial charge in [0.05, 0.1) is 26.4 Å². The summed E-state index contributed by atoms with van der Waals surface area (Å²) < 4.78 is 68.4. The van der Waals surface area contributed by atoms with Crippen LogP contribution in [-0.4, -0.2) is 96.7 Å². The molecule has 0 aromatic rings. The van der Waals surface area contributed by atoms with Gasteiger partial charge in [-0.3, -0.25) is 37.3 Å². The summed E-state index contributed by atoms with van der Waals surface area (Å²) in [5, 5.41) is 10.6. The highest BCUT2D eigenvalue weighted by Gasteiger charge is 2.30. The van der Waals surface area contributed by atoms with Gasteiger partial charge in [-0.25, -0.2) is 9.13 Å². The Kier molecular flexibility index (Phi) is 61.3. The minimum absolute atomic E-state index is 0.102. The highest BCUT2D eigenvalue weighted by atomic mass is 31.2. The zero-order chi connectivity index (χ0) is 68.2. The summed E-state index contributed by atoms with van der Waals surface area (Å²) in [7, 11) is -9.91. The molecule has 3 N–H and O–H groups in total. The summed E-state index contributed by atoms with van der Waals surface area (Å²) in [4.78, 5) is 72.6. The lowest BCUT2D eigenvalue weighted by Gasteiger charge is -2.21. The van der Waals surface area contributed by atoms with Crippen LogP contribution in [-0.2, 0) is 65.4 Å². The molecule has 0 fully saturated rings. The molecule has 0 saturated carbocycles. The van der Waals surface area contributed by atoms with Gasteiger partial charge in [0.2, 0.25) is 0 Å². The number of carbonyl (C=O) groups is 4. The Balaban J connectivity index is 5.22. The van der Waals surface area contributed by atoms with Crippen molar-refractivity contribution in [2.45, 2.75) is 382 Å². The van der Waals surface area contributed by atoms with Crippen LogP contribution in [0.25, 0.3) is 0 Å². The second kappa shape index (κ2) is 62.6. The largest absolute Gasteiger partial charge is 0.472 e. The Bertz CT molecular complexity index is 1820. The summed E-state index contributed by atoms with van der Waals surface area (Å²) in [6, 6.07) is 0. The highest BCUT2D eigenvalue weighted by Crippen LogP contribution is 2.45. The molecule has 0 aliphatic rings. The van der Waals surface area contributed by atoms with Crippen LogP contribution in [0.5, 0.6) is 0 Å². The number of aliphatic hydroxyl groups is 1. The van der Waals surface area contributed by atoms with Crippen molar-refractivity contribution in [3.05, 3.63) is 0 Å². The standard InChI is InChI=1S/C73H142O17P2/c1-9-64(6)50-42-34-26-22-18-14-12-13-15-19-24-28-39-47-55-72(77)89-68(60-84-71(76)54-46-38-31-29-35-43-51-65(7)10-2)61-87-91(79,80)85-57-67(74)58-86-92(81,82)88-62-69(90-73(78)56-48-40-32-30-36-44-52-66(8)11-3)59-83-70(75)53-45-37-27-23-20-16-17-21-25-33-41-49-63(4)5/h63-69,74H,9-62H2,1-8H3,(H,79,80)(H,81,82)/t64?,65?,66?,67-,68+,69+/m0/s1. The van der Waals surface area contributed by atoms with E-state index in [4.69, 9.17) is 37.0 Å². The van der Waals surface area contributed by atoms with Gasteiger partial charge in [0.15, 0.2) is 12.2 Å². The molecule has 0 rings (SSSR count). The number of unbranched alkanes of at least 4 members (excludes halogenated alkanes) is 33. The first-order valence-electron chi connectivity index (χ1n) is 37.8. The van der Waals surface area contributed by atoms with Crippen LogP contribution < -0.4 is 0 Å². The molecule has 0 spiro atoms. The van der Waals surface area contributed by atoms with Crippen LogP contribution in [0, 0.1) is 23.7 Å². The first kappa shape index (κ1) is 90.1. The van der Waals surface area contributed by atoms with Crippen LogP contribution in [0.15, 0.2) is 0 Å². The molecule has 0 aliphatic heterocycles. The molecule has 546 valence electrons. The van der Waals surface area contributed by atoms with E-state index >= 15 is 0 Å². The normalized spacial score (nSPS) is 15.1. The lowest BCUT2D eigenvalue weighted by molar-refractivity contribution is -0.161. The molecule has 0 bridgehead atoms. The lowest BCUT2D eigenvalue weighted by atomic mass is 9.99. The van der Waals surface area contributed by atoms with Crippen LogP contribution >= 0.6 is 15.6 Å². The molecule has 0 aromatic carbocycles. The Morgan fingerprint density at radius 1 is 0.304 bits per heavy atom. The molecular formula is C73H142O17P2. The number of phosphoric acid groups is 2. The molecule has 0 amide bonds. The summed E-state index contributed by atoms with van der Waals surface area (Å²) in [5.41, 5.74) is 0. The van der Waals surface area contributed by atoms with E-state index < -0.39 is 97.5 Å². The second-order valence-corrected chi connectivity index (χ2v) is 30.4. The fourth-order valence-corrected chi connectivity index (χ4v) is 12.5. The van der Waals surface area contributed by atoms with Gasteiger partial charge >= 0.3 is 39.5 Å². The average molecular weight is 1350 g/mol. The van der Waals surface area contributed by atoms with E-state index in [1.54, 1.807) is 0 Å². The first-order chi connectivity index (χ1) is 44.2. The van der Waals surface area contributed by atoms with Crippen molar-refractivity contribution in [1.29, 1.82) is 0 Å². The lowest BCUT2D eigenvalue weighted by Crippen LogP contribution is -2.30. The number of hydrogen-bond donors (Lipinski definition) is 3. The molecule has 19 heteroatoms. The zero-order valence-corrected chi connectivity index (χ0v) is 62.0. The van der Waals surface area contributed by atoms with E-state index in [1.807, 2.05) is 0 Å². The van der Waals surface area contributed by atoms with Crippen molar-refractivity contribution < 1.29 is 80.2 Å². The monoisotopic (exact) mass is 1350 g/mol. The third kappa shape index (κ3) is 62.8. The van der Waals surface area contributed by atoms with Gasteiger partial charge in [-0.15, -0.1) is 0 Å². The summed E-state index contributed by atoms with van der Waals surface area (Å²) in [6.45, 7) is 14.1. The van der Waals surface area contributed by atoms with E-state index in [1.165, 1.54) is 161 Å². The number of rotatable bonds is 70. The van der Waals surface area contributed by atoms with Gasteiger partial charge in [-0.05, 0) is 49.4 Å². The Hall–Kier alpha value is -1.94. The second-order valence-electron chi connectivity index (χ2n) is 27.5. The fraction of sp³-hybridized carbons (Fsp3) is 0.945.